The number of hydrazone groups is 1. The second kappa shape index (κ2) is 9.94. The molecule has 0 radical (unpaired) electrons. The molecule has 6 nitrogen and oxygen atoms in total. The summed E-state index contributed by atoms with van der Waals surface area (Å²) in [5, 5.41) is 13.1. The number of carboxylic acids is 1. The van der Waals surface area contributed by atoms with Gasteiger partial charge in [-0.1, -0.05) is 30.3 Å². The molecule has 148 valence electrons. The molecule has 6 heteroatoms. The van der Waals surface area contributed by atoms with E-state index in [4.69, 9.17) is 14.6 Å². The average Bonchev–Trinajstić information content (AvgIpc) is 2.75. The molecule has 3 rings (SSSR count). The quantitative estimate of drug-likeness (QED) is 0.416. The first-order chi connectivity index (χ1) is 14.2. The minimum absolute atomic E-state index is 0.229. The molecule has 0 unspecified atom stereocenters. The normalized spacial score (nSPS) is 10.7. The van der Waals surface area contributed by atoms with E-state index in [9.17, 15) is 4.79 Å². The first kappa shape index (κ1) is 19.9. The smallest absolute Gasteiger partial charge is 0.335 e. The molecule has 0 amide bonds. The van der Waals surface area contributed by atoms with Crippen LogP contribution in [-0.4, -0.2) is 31.0 Å². The zero-order chi connectivity index (χ0) is 20.5. The molecular weight excluding hydrogens is 368 g/mol. The van der Waals surface area contributed by atoms with Crippen molar-refractivity contribution < 1.29 is 19.4 Å². The number of nitrogens with one attached hydrogen (secondary N) is 1. The first-order valence-corrected chi connectivity index (χ1v) is 9.13. The Balaban J connectivity index is 1.57. The van der Waals surface area contributed by atoms with Crippen molar-refractivity contribution in [3.8, 4) is 11.5 Å². The molecule has 3 aromatic rings. The molecule has 0 aromatic heterocycles. The highest BCUT2D eigenvalue weighted by Crippen LogP contribution is 2.27. The Kier molecular flexibility index (Phi) is 6.84. The molecular formula is C23H22N2O4. The van der Waals surface area contributed by atoms with Gasteiger partial charge in [0.15, 0.2) is 11.5 Å². The fourth-order valence-electron chi connectivity index (χ4n) is 2.68. The van der Waals surface area contributed by atoms with Crippen molar-refractivity contribution in [1.29, 1.82) is 0 Å². The van der Waals surface area contributed by atoms with Gasteiger partial charge in [0, 0.05) is 6.42 Å². The zero-order valence-corrected chi connectivity index (χ0v) is 16.0. The van der Waals surface area contributed by atoms with Gasteiger partial charge in [-0.3, -0.25) is 5.43 Å². The number of carboxylic acid groups (broad SMARTS) is 1. The standard InChI is InChI=1S/C23H22N2O4/c1-28-22-15-18(16-24-25-20-10-8-19(9-11-20)23(26)27)7-12-21(22)29-14-13-17-5-3-2-4-6-17/h2-12,15-16,25H,13-14H2,1H3,(H,26,27)/b24-16+. The molecule has 0 fully saturated rings. The summed E-state index contributed by atoms with van der Waals surface area (Å²) < 4.78 is 11.3. The van der Waals surface area contributed by atoms with Gasteiger partial charge in [-0.05, 0) is 53.6 Å². The van der Waals surface area contributed by atoms with Crippen LogP contribution in [0.3, 0.4) is 0 Å². The van der Waals surface area contributed by atoms with Crippen LogP contribution in [0.15, 0.2) is 77.9 Å². The molecule has 29 heavy (non-hydrogen) atoms. The van der Waals surface area contributed by atoms with Gasteiger partial charge in [-0.2, -0.15) is 5.10 Å². The van der Waals surface area contributed by atoms with Gasteiger partial charge in [0.1, 0.15) is 0 Å². The number of methoxy groups -OCH3 is 1. The van der Waals surface area contributed by atoms with E-state index in [-0.39, 0.29) is 5.56 Å². The maximum atomic E-state index is 10.9. The number of carbonyl (C=O) groups is 1. The van der Waals surface area contributed by atoms with Gasteiger partial charge in [-0.15, -0.1) is 0 Å². The van der Waals surface area contributed by atoms with Gasteiger partial charge >= 0.3 is 5.97 Å². The number of nitrogens with zero attached hydrogens (tertiary/aromatic N) is 1. The minimum Gasteiger partial charge on any atom is -0.493 e. The molecule has 0 saturated carbocycles. The van der Waals surface area contributed by atoms with Gasteiger partial charge in [-0.25, -0.2) is 4.79 Å². The van der Waals surface area contributed by atoms with Crippen LogP contribution in [0.4, 0.5) is 5.69 Å². The maximum Gasteiger partial charge on any atom is 0.335 e. The summed E-state index contributed by atoms with van der Waals surface area (Å²) in [6, 6.07) is 22.1. The first-order valence-electron chi connectivity index (χ1n) is 9.13. The molecule has 0 saturated heterocycles. The van der Waals surface area contributed by atoms with Crippen LogP contribution in [0.5, 0.6) is 11.5 Å². The van der Waals surface area contributed by atoms with Crippen LogP contribution in [0.25, 0.3) is 0 Å². The van der Waals surface area contributed by atoms with E-state index in [2.05, 4.69) is 22.7 Å². The maximum absolute atomic E-state index is 10.9. The van der Waals surface area contributed by atoms with Crippen molar-refractivity contribution in [3.63, 3.8) is 0 Å². The molecule has 2 N–H and O–H groups in total. The van der Waals surface area contributed by atoms with Crippen molar-refractivity contribution in [2.24, 2.45) is 5.10 Å². The van der Waals surface area contributed by atoms with Crippen LogP contribution in [-0.2, 0) is 6.42 Å². The Hall–Kier alpha value is -3.80. The lowest BCUT2D eigenvalue weighted by atomic mass is 10.2. The van der Waals surface area contributed by atoms with Gasteiger partial charge in [0.25, 0.3) is 0 Å². The third-order valence-electron chi connectivity index (χ3n) is 4.22. The fourth-order valence-corrected chi connectivity index (χ4v) is 2.68. The number of aromatic carboxylic acids is 1. The summed E-state index contributed by atoms with van der Waals surface area (Å²) in [5.41, 5.74) is 5.85. The second-order valence-corrected chi connectivity index (χ2v) is 6.25. The van der Waals surface area contributed by atoms with E-state index in [0.717, 1.165) is 12.0 Å². The van der Waals surface area contributed by atoms with E-state index >= 15 is 0 Å². The third-order valence-corrected chi connectivity index (χ3v) is 4.22. The lowest BCUT2D eigenvalue weighted by molar-refractivity contribution is 0.0697. The molecule has 3 aromatic carbocycles. The van der Waals surface area contributed by atoms with Crippen molar-refractivity contribution in [2.45, 2.75) is 6.42 Å². The van der Waals surface area contributed by atoms with Crippen LogP contribution < -0.4 is 14.9 Å². The van der Waals surface area contributed by atoms with Crippen LogP contribution in [0, 0.1) is 0 Å². The number of ether oxygens (including phenoxy) is 2. The Morgan fingerprint density at radius 1 is 1.03 bits per heavy atom. The van der Waals surface area contributed by atoms with E-state index < -0.39 is 5.97 Å². The molecule has 0 atom stereocenters. The summed E-state index contributed by atoms with van der Waals surface area (Å²) >= 11 is 0. The topological polar surface area (TPSA) is 80.2 Å². The van der Waals surface area contributed by atoms with Crippen LogP contribution in [0.1, 0.15) is 21.5 Å². The molecule has 0 heterocycles. The predicted octanol–water partition coefficient (Wildman–Crippen LogP) is 4.46. The van der Waals surface area contributed by atoms with Crippen molar-refractivity contribution in [2.75, 3.05) is 19.1 Å². The highest BCUT2D eigenvalue weighted by molar-refractivity contribution is 5.88. The van der Waals surface area contributed by atoms with Crippen LogP contribution >= 0.6 is 0 Å². The fraction of sp³-hybridized carbons (Fsp3) is 0.130. The zero-order valence-electron chi connectivity index (χ0n) is 16.0. The Morgan fingerprint density at radius 2 is 1.79 bits per heavy atom. The van der Waals surface area contributed by atoms with Gasteiger partial charge in [0.2, 0.25) is 0 Å². The third kappa shape index (κ3) is 5.84. The van der Waals surface area contributed by atoms with E-state index in [1.54, 1.807) is 25.5 Å². The van der Waals surface area contributed by atoms with Crippen molar-refractivity contribution in [3.05, 3.63) is 89.5 Å². The van der Waals surface area contributed by atoms with Gasteiger partial charge < -0.3 is 14.6 Å². The molecule has 0 aliphatic heterocycles. The highest BCUT2D eigenvalue weighted by atomic mass is 16.5. The monoisotopic (exact) mass is 390 g/mol. The number of anilines is 1. The Morgan fingerprint density at radius 3 is 2.48 bits per heavy atom. The lowest BCUT2D eigenvalue weighted by Crippen LogP contribution is -2.03. The highest BCUT2D eigenvalue weighted by Gasteiger charge is 2.05. The number of hydrogen-bond acceptors (Lipinski definition) is 5. The molecule has 0 aliphatic carbocycles. The summed E-state index contributed by atoms with van der Waals surface area (Å²) in [6.45, 7) is 0.557. The molecule has 0 spiro atoms. The average molecular weight is 390 g/mol. The molecule has 0 bridgehead atoms. The Labute approximate surface area is 169 Å². The second-order valence-electron chi connectivity index (χ2n) is 6.25. The number of hydrogen-bond donors (Lipinski definition) is 2. The van der Waals surface area contributed by atoms with E-state index in [1.807, 2.05) is 36.4 Å². The predicted molar refractivity (Wildman–Crippen MR) is 113 cm³/mol. The molecule has 0 aliphatic rings. The largest absolute Gasteiger partial charge is 0.493 e. The summed E-state index contributed by atoms with van der Waals surface area (Å²) in [7, 11) is 1.60. The minimum atomic E-state index is -0.960. The van der Waals surface area contributed by atoms with Crippen LogP contribution in [0.2, 0.25) is 0 Å². The summed E-state index contributed by atoms with van der Waals surface area (Å²) in [5.74, 6) is 0.351. The van der Waals surface area contributed by atoms with E-state index in [0.29, 0.717) is 23.8 Å². The lowest BCUT2D eigenvalue weighted by Gasteiger charge is -2.11. The Bertz CT molecular complexity index is 970. The SMILES string of the molecule is COc1cc(/C=N/Nc2ccc(C(=O)O)cc2)ccc1OCCc1ccccc1. The van der Waals surface area contributed by atoms with Gasteiger partial charge in [0.05, 0.1) is 31.2 Å². The summed E-state index contributed by atoms with van der Waals surface area (Å²) in [6.07, 6.45) is 2.47. The van der Waals surface area contributed by atoms with E-state index in [1.165, 1.54) is 17.7 Å². The summed E-state index contributed by atoms with van der Waals surface area (Å²) in [4.78, 5) is 10.9. The van der Waals surface area contributed by atoms with Crippen molar-refractivity contribution >= 4 is 17.9 Å². The number of rotatable bonds is 9. The van der Waals surface area contributed by atoms with Crippen molar-refractivity contribution in [1.82, 2.24) is 0 Å². The number of benzene rings is 3.